The van der Waals surface area contributed by atoms with Crippen molar-refractivity contribution in [2.24, 2.45) is 10.7 Å². The van der Waals surface area contributed by atoms with Gasteiger partial charge in [0.2, 0.25) is 0 Å². The minimum Gasteiger partial charge on any atom is -0.380 e. The molecular formula is C15H16N4O2S. The number of aliphatic hydroxyl groups is 1. The first-order valence-corrected chi connectivity index (χ1v) is 7.57. The molecule has 6 nitrogen and oxygen atoms in total. The van der Waals surface area contributed by atoms with Crippen LogP contribution in [0.2, 0.25) is 0 Å². The lowest BCUT2D eigenvalue weighted by molar-refractivity contribution is -0.140. The first kappa shape index (κ1) is 14.7. The third-order valence-electron chi connectivity index (χ3n) is 3.84. The van der Waals surface area contributed by atoms with Crippen LogP contribution in [0.3, 0.4) is 0 Å². The first-order chi connectivity index (χ1) is 10.4. The van der Waals surface area contributed by atoms with Gasteiger partial charge in [-0.3, -0.25) is 14.7 Å². The average molecular weight is 316 g/mol. The molecule has 0 saturated carbocycles. The number of hydrogen-bond acceptors (Lipinski definition) is 6. The number of likely N-dealkylation sites (N-methyl/N-ethyl adjacent to an activating group) is 1. The van der Waals surface area contributed by atoms with Crippen LogP contribution in [-0.4, -0.2) is 40.0 Å². The minimum absolute atomic E-state index is 0.106. The number of pyridine rings is 1. The van der Waals surface area contributed by atoms with Crippen molar-refractivity contribution < 1.29 is 9.90 Å². The van der Waals surface area contributed by atoms with E-state index in [-0.39, 0.29) is 5.96 Å². The number of nitrogens with zero attached hydrogens (tertiary/aromatic N) is 3. The lowest BCUT2D eigenvalue weighted by Gasteiger charge is -2.36. The van der Waals surface area contributed by atoms with E-state index in [0.717, 1.165) is 15.3 Å². The maximum Gasteiger partial charge on any atom is 0.260 e. The van der Waals surface area contributed by atoms with Gasteiger partial charge in [0.15, 0.2) is 12.1 Å². The predicted molar refractivity (Wildman–Crippen MR) is 85.3 cm³/mol. The zero-order valence-electron chi connectivity index (χ0n) is 12.2. The molecule has 0 bridgehead atoms. The Bertz CT molecular complexity index is 743. The SMILES string of the molecule is CN1C(=O)[C@H](O)[C@@](C)(c2ccc(-c3cccnc3)s2)N=C1N. The van der Waals surface area contributed by atoms with Crippen LogP contribution in [0.4, 0.5) is 0 Å². The Labute approximate surface area is 131 Å². The molecule has 0 saturated heterocycles. The number of carbonyl (C=O) groups is 1. The van der Waals surface area contributed by atoms with E-state index in [1.54, 1.807) is 19.3 Å². The topological polar surface area (TPSA) is 91.8 Å². The van der Waals surface area contributed by atoms with E-state index in [0.29, 0.717) is 0 Å². The zero-order valence-corrected chi connectivity index (χ0v) is 13.0. The summed E-state index contributed by atoms with van der Waals surface area (Å²) in [6.07, 6.45) is 2.22. The monoisotopic (exact) mass is 316 g/mol. The molecule has 3 rings (SSSR count). The molecule has 3 heterocycles. The summed E-state index contributed by atoms with van der Waals surface area (Å²) in [5.41, 5.74) is 5.71. The van der Waals surface area contributed by atoms with Gasteiger partial charge >= 0.3 is 0 Å². The molecule has 0 aliphatic carbocycles. The molecule has 2 aromatic rings. The van der Waals surface area contributed by atoms with Crippen LogP contribution in [0.1, 0.15) is 11.8 Å². The van der Waals surface area contributed by atoms with Gasteiger partial charge in [0.25, 0.3) is 5.91 Å². The molecule has 1 aliphatic heterocycles. The number of rotatable bonds is 2. The summed E-state index contributed by atoms with van der Waals surface area (Å²) < 4.78 is 0. The predicted octanol–water partition coefficient (Wildman–Crippen LogP) is 1.17. The van der Waals surface area contributed by atoms with Gasteiger partial charge in [0.1, 0.15) is 5.54 Å². The van der Waals surface area contributed by atoms with Crippen molar-refractivity contribution in [2.75, 3.05) is 7.05 Å². The summed E-state index contributed by atoms with van der Waals surface area (Å²) in [7, 11) is 1.50. The summed E-state index contributed by atoms with van der Waals surface area (Å²) in [6, 6.07) is 7.62. The number of nitrogens with two attached hydrogens (primary N) is 1. The van der Waals surface area contributed by atoms with Crippen molar-refractivity contribution in [1.29, 1.82) is 0 Å². The molecule has 7 heteroatoms. The Morgan fingerprint density at radius 1 is 1.41 bits per heavy atom. The average Bonchev–Trinajstić information content (AvgIpc) is 3.02. The maximum absolute atomic E-state index is 12.1. The Morgan fingerprint density at radius 2 is 2.18 bits per heavy atom. The van der Waals surface area contributed by atoms with E-state index in [9.17, 15) is 9.90 Å². The number of carbonyl (C=O) groups excluding carboxylic acids is 1. The Hall–Kier alpha value is -2.25. The van der Waals surface area contributed by atoms with Gasteiger partial charge < -0.3 is 10.8 Å². The summed E-state index contributed by atoms with van der Waals surface area (Å²) >= 11 is 1.47. The Morgan fingerprint density at radius 3 is 2.86 bits per heavy atom. The number of guanidine groups is 1. The molecule has 0 aromatic carbocycles. The first-order valence-electron chi connectivity index (χ1n) is 6.75. The van der Waals surface area contributed by atoms with Gasteiger partial charge in [-0.25, -0.2) is 4.99 Å². The second-order valence-corrected chi connectivity index (χ2v) is 6.41. The van der Waals surface area contributed by atoms with Crippen molar-refractivity contribution in [3.05, 3.63) is 41.5 Å². The van der Waals surface area contributed by atoms with E-state index in [1.165, 1.54) is 23.3 Å². The second-order valence-electron chi connectivity index (χ2n) is 5.32. The summed E-state index contributed by atoms with van der Waals surface area (Å²) in [5, 5.41) is 10.4. The molecular weight excluding hydrogens is 300 g/mol. The standard InChI is InChI=1S/C15H16N4O2S/c1-15(12(20)13(21)19(2)14(16)18-15)11-6-5-10(22-11)9-4-3-7-17-8-9/h3-8,12,20H,1-2H3,(H2,16,18)/t12-,15+/m0/s1. The van der Waals surface area contributed by atoms with E-state index in [4.69, 9.17) is 5.73 Å². The van der Waals surface area contributed by atoms with Crippen molar-refractivity contribution in [3.8, 4) is 10.4 Å². The zero-order chi connectivity index (χ0) is 15.9. The van der Waals surface area contributed by atoms with Crippen LogP contribution in [0, 0.1) is 0 Å². The molecule has 1 aliphatic rings. The summed E-state index contributed by atoms with van der Waals surface area (Å²) in [6.45, 7) is 1.72. The lowest BCUT2D eigenvalue weighted by atomic mass is 9.91. The van der Waals surface area contributed by atoms with Gasteiger partial charge in [0, 0.05) is 34.8 Å². The smallest absolute Gasteiger partial charge is 0.260 e. The molecule has 22 heavy (non-hydrogen) atoms. The second kappa shape index (κ2) is 5.19. The Kier molecular flexibility index (Phi) is 3.46. The number of aliphatic imine (C=N–C) groups is 1. The lowest BCUT2D eigenvalue weighted by Crippen LogP contribution is -2.56. The van der Waals surface area contributed by atoms with E-state index in [1.807, 2.05) is 24.3 Å². The molecule has 1 amide bonds. The van der Waals surface area contributed by atoms with Crippen LogP contribution in [0.25, 0.3) is 10.4 Å². The number of aliphatic hydroxyl groups excluding tert-OH is 1. The highest BCUT2D eigenvalue weighted by Gasteiger charge is 2.46. The van der Waals surface area contributed by atoms with Crippen LogP contribution in [0.15, 0.2) is 41.7 Å². The van der Waals surface area contributed by atoms with E-state index in [2.05, 4.69) is 9.98 Å². The fraction of sp³-hybridized carbons (Fsp3) is 0.267. The molecule has 2 aromatic heterocycles. The Balaban J connectivity index is 2.04. The normalized spacial score (nSPS) is 25.2. The molecule has 0 unspecified atom stereocenters. The summed E-state index contributed by atoms with van der Waals surface area (Å²) in [5.74, 6) is -0.347. The third-order valence-corrected chi connectivity index (χ3v) is 5.20. The van der Waals surface area contributed by atoms with Gasteiger partial charge in [-0.05, 0) is 25.1 Å². The molecule has 3 N–H and O–H groups in total. The van der Waals surface area contributed by atoms with Crippen molar-refractivity contribution in [1.82, 2.24) is 9.88 Å². The van der Waals surface area contributed by atoms with Gasteiger partial charge in [0.05, 0.1) is 0 Å². The largest absolute Gasteiger partial charge is 0.380 e. The molecule has 0 fully saturated rings. The minimum atomic E-state index is -1.26. The van der Waals surface area contributed by atoms with Gasteiger partial charge in [-0.2, -0.15) is 0 Å². The summed E-state index contributed by atoms with van der Waals surface area (Å²) in [4.78, 5) is 23.5. The van der Waals surface area contributed by atoms with Crippen molar-refractivity contribution in [3.63, 3.8) is 0 Å². The molecule has 0 radical (unpaired) electrons. The van der Waals surface area contributed by atoms with E-state index >= 15 is 0 Å². The van der Waals surface area contributed by atoms with Crippen LogP contribution in [0.5, 0.6) is 0 Å². The molecule has 114 valence electrons. The highest BCUT2D eigenvalue weighted by molar-refractivity contribution is 7.15. The third kappa shape index (κ3) is 2.18. The number of hydrogen-bond donors (Lipinski definition) is 2. The molecule has 0 spiro atoms. The number of aromatic nitrogens is 1. The van der Waals surface area contributed by atoms with Crippen LogP contribution in [-0.2, 0) is 10.3 Å². The van der Waals surface area contributed by atoms with Gasteiger partial charge in [-0.15, -0.1) is 11.3 Å². The maximum atomic E-state index is 12.1. The van der Waals surface area contributed by atoms with Crippen LogP contribution < -0.4 is 5.73 Å². The van der Waals surface area contributed by atoms with Crippen molar-refractivity contribution >= 4 is 23.2 Å². The quantitative estimate of drug-likeness (QED) is 0.870. The van der Waals surface area contributed by atoms with Gasteiger partial charge in [-0.1, -0.05) is 6.07 Å². The van der Waals surface area contributed by atoms with Crippen LogP contribution >= 0.6 is 11.3 Å². The van der Waals surface area contributed by atoms with E-state index < -0.39 is 17.6 Å². The number of thiophene rings is 1. The molecule has 2 atom stereocenters. The highest BCUT2D eigenvalue weighted by Crippen LogP contribution is 2.40. The fourth-order valence-electron chi connectivity index (χ4n) is 2.37. The number of amides is 1. The highest BCUT2D eigenvalue weighted by atomic mass is 32.1. The van der Waals surface area contributed by atoms with Crippen molar-refractivity contribution in [2.45, 2.75) is 18.6 Å². The fourth-order valence-corrected chi connectivity index (χ4v) is 3.49.